The monoisotopic (exact) mass is 199 g/mol. The molecule has 0 amide bonds. The molecule has 1 rings (SSSR count). The summed E-state index contributed by atoms with van der Waals surface area (Å²) in [4.78, 5) is 2.43. The minimum Gasteiger partial charge on any atom is -0.396 e. The SMILES string of the molecule is [N-]=[N+]=NC(CO)c1cccc(F)c1F. The first-order valence-corrected chi connectivity index (χ1v) is 3.79. The topological polar surface area (TPSA) is 69.0 Å². The first-order chi connectivity index (χ1) is 6.70. The second-order valence-corrected chi connectivity index (χ2v) is 2.55. The van der Waals surface area contributed by atoms with E-state index in [1.807, 2.05) is 0 Å². The van der Waals surface area contributed by atoms with Crippen LogP contribution in [0.2, 0.25) is 0 Å². The summed E-state index contributed by atoms with van der Waals surface area (Å²) in [6.07, 6.45) is 0. The fourth-order valence-corrected chi connectivity index (χ4v) is 1.04. The van der Waals surface area contributed by atoms with Crippen molar-refractivity contribution in [3.8, 4) is 0 Å². The fourth-order valence-electron chi connectivity index (χ4n) is 1.04. The van der Waals surface area contributed by atoms with Crippen LogP contribution in [0.5, 0.6) is 0 Å². The van der Waals surface area contributed by atoms with Crippen LogP contribution in [0.4, 0.5) is 8.78 Å². The van der Waals surface area contributed by atoms with Crippen molar-refractivity contribution in [2.45, 2.75) is 6.04 Å². The maximum absolute atomic E-state index is 13.1. The molecule has 1 unspecified atom stereocenters. The van der Waals surface area contributed by atoms with Crippen molar-refractivity contribution in [1.82, 2.24) is 0 Å². The van der Waals surface area contributed by atoms with Gasteiger partial charge in [-0.2, -0.15) is 0 Å². The molecule has 1 aromatic rings. The summed E-state index contributed by atoms with van der Waals surface area (Å²) < 4.78 is 25.8. The lowest BCUT2D eigenvalue weighted by atomic mass is 10.1. The lowest BCUT2D eigenvalue weighted by molar-refractivity contribution is 0.264. The van der Waals surface area contributed by atoms with Gasteiger partial charge in [-0.25, -0.2) is 8.78 Å². The second kappa shape index (κ2) is 4.55. The smallest absolute Gasteiger partial charge is 0.162 e. The zero-order valence-corrected chi connectivity index (χ0v) is 7.06. The van der Waals surface area contributed by atoms with Crippen molar-refractivity contribution >= 4 is 0 Å². The third-order valence-corrected chi connectivity index (χ3v) is 1.70. The maximum Gasteiger partial charge on any atom is 0.162 e. The molecule has 0 saturated carbocycles. The lowest BCUT2D eigenvalue weighted by Gasteiger charge is -2.08. The number of azide groups is 1. The van der Waals surface area contributed by atoms with Crippen LogP contribution in [0.15, 0.2) is 23.3 Å². The highest BCUT2D eigenvalue weighted by Crippen LogP contribution is 2.21. The van der Waals surface area contributed by atoms with Crippen LogP contribution in [-0.2, 0) is 0 Å². The summed E-state index contributed by atoms with van der Waals surface area (Å²) in [7, 11) is 0. The van der Waals surface area contributed by atoms with E-state index in [9.17, 15) is 8.78 Å². The van der Waals surface area contributed by atoms with Gasteiger partial charge in [-0.1, -0.05) is 17.2 Å². The molecule has 0 aromatic heterocycles. The van der Waals surface area contributed by atoms with E-state index < -0.39 is 24.3 Å². The Kier molecular flexibility index (Phi) is 3.39. The second-order valence-electron chi connectivity index (χ2n) is 2.55. The predicted molar refractivity (Wildman–Crippen MR) is 45.3 cm³/mol. The van der Waals surface area contributed by atoms with Gasteiger partial charge in [-0.05, 0) is 11.6 Å². The molecule has 0 fully saturated rings. The summed E-state index contributed by atoms with van der Waals surface area (Å²) in [6.45, 7) is -0.565. The quantitative estimate of drug-likeness (QED) is 0.453. The number of hydrogen-bond acceptors (Lipinski definition) is 2. The van der Waals surface area contributed by atoms with E-state index in [0.29, 0.717) is 0 Å². The molecule has 0 saturated heterocycles. The lowest BCUT2D eigenvalue weighted by Crippen LogP contribution is -2.04. The Bertz CT molecular complexity index is 377. The van der Waals surface area contributed by atoms with Gasteiger partial charge in [-0.3, -0.25) is 0 Å². The number of aliphatic hydroxyl groups excluding tert-OH is 1. The highest BCUT2D eigenvalue weighted by Gasteiger charge is 2.15. The summed E-state index contributed by atoms with van der Waals surface area (Å²) in [5.41, 5.74) is 7.97. The minimum atomic E-state index is -1.10. The third-order valence-electron chi connectivity index (χ3n) is 1.70. The van der Waals surface area contributed by atoms with E-state index in [1.165, 1.54) is 12.1 Å². The van der Waals surface area contributed by atoms with Crippen LogP contribution in [-0.4, -0.2) is 11.7 Å². The van der Waals surface area contributed by atoms with Crippen molar-refractivity contribution in [3.05, 3.63) is 45.8 Å². The van der Waals surface area contributed by atoms with Crippen LogP contribution in [0.3, 0.4) is 0 Å². The van der Waals surface area contributed by atoms with E-state index >= 15 is 0 Å². The highest BCUT2D eigenvalue weighted by molar-refractivity contribution is 5.22. The van der Waals surface area contributed by atoms with Crippen molar-refractivity contribution in [3.63, 3.8) is 0 Å². The normalized spacial score (nSPS) is 11.9. The molecule has 14 heavy (non-hydrogen) atoms. The molecular formula is C8H7F2N3O. The van der Waals surface area contributed by atoms with Crippen molar-refractivity contribution in [2.75, 3.05) is 6.61 Å². The molecule has 6 heteroatoms. The molecule has 0 radical (unpaired) electrons. The Morgan fingerprint density at radius 2 is 2.21 bits per heavy atom. The predicted octanol–water partition coefficient (Wildman–Crippen LogP) is 2.31. The number of hydrogen-bond donors (Lipinski definition) is 1. The first-order valence-electron chi connectivity index (χ1n) is 3.79. The first kappa shape index (κ1) is 10.4. The Hall–Kier alpha value is -1.65. The standard InChI is InChI=1S/C8H7F2N3O/c9-6-3-1-2-5(8(6)10)7(4-14)12-13-11/h1-3,7,14H,4H2. The van der Waals surface area contributed by atoms with Crippen molar-refractivity contribution in [2.24, 2.45) is 5.11 Å². The van der Waals surface area contributed by atoms with E-state index in [-0.39, 0.29) is 5.56 Å². The van der Waals surface area contributed by atoms with Gasteiger partial charge in [0.25, 0.3) is 0 Å². The molecule has 0 heterocycles. The van der Waals surface area contributed by atoms with Gasteiger partial charge in [0, 0.05) is 10.5 Å². The third kappa shape index (κ3) is 1.99. The van der Waals surface area contributed by atoms with Gasteiger partial charge in [0.05, 0.1) is 12.6 Å². The van der Waals surface area contributed by atoms with Crippen LogP contribution >= 0.6 is 0 Å². The Morgan fingerprint density at radius 3 is 2.79 bits per heavy atom. The van der Waals surface area contributed by atoms with Gasteiger partial charge >= 0.3 is 0 Å². The minimum absolute atomic E-state index is 0.148. The molecule has 1 aromatic carbocycles. The van der Waals surface area contributed by atoms with E-state index in [1.54, 1.807) is 0 Å². The number of benzene rings is 1. The van der Waals surface area contributed by atoms with Gasteiger partial charge in [0.2, 0.25) is 0 Å². The average molecular weight is 199 g/mol. The van der Waals surface area contributed by atoms with Crippen LogP contribution in [0, 0.1) is 11.6 Å². The molecule has 74 valence electrons. The number of rotatable bonds is 3. The van der Waals surface area contributed by atoms with E-state index in [0.717, 1.165) is 6.07 Å². The zero-order chi connectivity index (χ0) is 10.6. The van der Waals surface area contributed by atoms with Gasteiger partial charge in [0.1, 0.15) is 0 Å². The van der Waals surface area contributed by atoms with Crippen LogP contribution < -0.4 is 0 Å². The summed E-state index contributed by atoms with van der Waals surface area (Å²) in [5.74, 6) is -2.13. The molecule has 1 atom stereocenters. The summed E-state index contributed by atoms with van der Waals surface area (Å²) >= 11 is 0. The average Bonchev–Trinajstić information content (AvgIpc) is 2.19. The van der Waals surface area contributed by atoms with Crippen molar-refractivity contribution in [1.29, 1.82) is 0 Å². The molecule has 4 nitrogen and oxygen atoms in total. The van der Waals surface area contributed by atoms with Gasteiger partial charge in [-0.15, -0.1) is 0 Å². The van der Waals surface area contributed by atoms with Crippen LogP contribution in [0.25, 0.3) is 10.4 Å². The molecular weight excluding hydrogens is 192 g/mol. The van der Waals surface area contributed by atoms with Gasteiger partial charge < -0.3 is 5.11 Å². The molecule has 0 aliphatic heterocycles. The molecule has 0 aliphatic carbocycles. The summed E-state index contributed by atoms with van der Waals surface area (Å²) in [6, 6.07) is 2.40. The largest absolute Gasteiger partial charge is 0.396 e. The number of nitrogens with zero attached hydrogens (tertiary/aromatic N) is 3. The Balaban J connectivity index is 3.16. The Morgan fingerprint density at radius 1 is 1.50 bits per heavy atom. The maximum atomic E-state index is 13.1. The van der Waals surface area contributed by atoms with E-state index in [2.05, 4.69) is 10.0 Å². The van der Waals surface area contributed by atoms with Crippen LogP contribution in [0.1, 0.15) is 11.6 Å². The highest BCUT2D eigenvalue weighted by atomic mass is 19.2. The zero-order valence-electron chi connectivity index (χ0n) is 7.06. The fraction of sp³-hybridized carbons (Fsp3) is 0.250. The summed E-state index contributed by atoms with van der Waals surface area (Å²) in [5, 5.41) is 11.9. The number of aliphatic hydroxyl groups is 1. The molecule has 0 bridgehead atoms. The molecule has 0 aliphatic rings. The van der Waals surface area contributed by atoms with E-state index in [4.69, 9.17) is 10.6 Å². The Labute approximate surface area is 78.4 Å². The molecule has 0 spiro atoms. The van der Waals surface area contributed by atoms with Crippen molar-refractivity contribution < 1.29 is 13.9 Å². The van der Waals surface area contributed by atoms with Gasteiger partial charge in [0.15, 0.2) is 11.6 Å². The number of halogens is 2. The molecule has 1 N–H and O–H groups in total.